The summed E-state index contributed by atoms with van der Waals surface area (Å²) in [6.45, 7) is 8.15. The molecule has 7 atom stereocenters. The van der Waals surface area contributed by atoms with E-state index < -0.39 is 63.5 Å². The van der Waals surface area contributed by atoms with Crippen LogP contribution in [0.15, 0.2) is 67.3 Å². The number of amides is 3. The lowest BCUT2D eigenvalue weighted by Crippen LogP contribution is -2.54. The second kappa shape index (κ2) is 19.5. The van der Waals surface area contributed by atoms with Crippen LogP contribution in [0.2, 0.25) is 0 Å². The van der Waals surface area contributed by atoms with Crippen LogP contribution in [0.5, 0.6) is 11.5 Å². The molecule has 2 aliphatic carbocycles. The number of nitrogens with one attached hydrogen (secondary N) is 2. The van der Waals surface area contributed by atoms with E-state index in [4.69, 9.17) is 19.2 Å². The van der Waals surface area contributed by atoms with Gasteiger partial charge >= 0.3 is 5.97 Å². The Hall–Kier alpha value is -5.06. The minimum absolute atomic E-state index is 0.0234. The molecule has 3 amide bonds. The first-order valence-electron chi connectivity index (χ1n) is 21.8. The summed E-state index contributed by atoms with van der Waals surface area (Å²) in [6.07, 6.45) is 5.57. The molecule has 15 nitrogen and oxygen atoms in total. The first-order chi connectivity index (χ1) is 29.8. The van der Waals surface area contributed by atoms with Gasteiger partial charge in [-0.3, -0.25) is 28.8 Å². The number of methoxy groups -OCH3 is 1. The maximum absolute atomic E-state index is 14.6. The van der Waals surface area contributed by atoms with Gasteiger partial charge in [0.15, 0.2) is 0 Å². The van der Waals surface area contributed by atoms with E-state index in [1.165, 1.54) is 11.0 Å². The van der Waals surface area contributed by atoms with Crippen LogP contribution in [0, 0.1) is 11.8 Å². The number of aliphatic carboxylic acids is 1. The van der Waals surface area contributed by atoms with Gasteiger partial charge in [-0.2, -0.15) is 0 Å². The van der Waals surface area contributed by atoms with Crippen molar-refractivity contribution >= 4 is 44.6 Å². The van der Waals surface area contributed by atoms with Crippen LogP contribution in [0.4, 0.5) is 0 Å². The van der Waals surface area contributed by atoms with Crippen LogP contribution < -0.4 is 19.5 Å². The predicted octanol–water partition coefficient (Wildman–Crippen LogP) is 5.42. The van der Waals surface area contributed by atoms with E-state index in [1.54, 1.807) is 13.2 Å². The standard InChI is InChI=1S/C46H59N5O10S/c1-5-11-35(44(53)49-62(57,58)33-17-18-33)48-45(54)39-24-32(61-41-25-36(29-12-7-6-8-13-29)47-37-23-31(59-4)16-19-34(37)41)26-50(39)42(52)20-21-43(60-27-28(2)3)51-38-15-10-9-14-30(38)22-40(51)46(55)56/h5-8,12-13,16,19,23,25,28,30,32-33,35,38-40,43H,1,9-11,14-15,17-18,20-22,24,26-27H2,2-4H3,(H,48,54)(H,49,53)(H,55,56)/t30?,32?,35-,38?,39+,40?,43?/m1/s1. The normalized spacial score (nSPS) is 23.7. The third-order valence-electron chi connectivity index (χ3n) is 12.5. The number of sulfonamides is 1. The lowest BCUT2D eigenvalue weighted by atomic mass is 9.84. The van der Waals surface area contributed by atoms with E-state index in [0.29, 0.717) is 54.0 Å². The molecule has 2 saturated carbocycles. The number of fused-ring (bicyclic) bond motifs is 2. The highest BCUT2D eigenvalue weighted by Gasteiger charge is 2.49. The van der Waals surface area contributed by atoms with Crippen molar-refractivity contribution in [1.29, 1.82) is 0 Å². The third-order valence-corrected chi connectivity index (χ3v) is 14.3. The second-order valence-corrected chi connectivity index (χ2v) is 19.4. The molecule has 7 rings (SSSR count). The van der Waals surface area contributed by atoms with Crippen molar-refractivity contribution in [2.45, 2.75) is 126 Å². The number of pyridine rings is 1. The number of carbonyl (C=O) groups is 4. The number of carboxylic acids is 1. The molecule has 16 heteroatoms. The van der Waals surface area contributed by atoms with Crippen LogP contribution in [-0.2, 0) is 33.9 Å². The molecule has 0 bridgehead atoms. The SMILES string of the molecule is C=CC[C@@H](NC(=O)[C@@H]1CC(Oc2cc(-c3ccccc3)nc3cc(OC)ccc23)CN1C(=O)CCC(OCC(C)C)N1C(C(=O)O)CC2CCCCC21)C(=O)NS(=O)(=O)C1CC1. The first kappa shape index (κ1) is 45.0. The number of carboxylic acid groups (broad SMARTS) is 1. The summed E-state index contributed by atoms with van der Waals surface area (Å²) in [4.78, 5) is 63.2. The van der Waals surface area contributed by atoms with Crippen molar-refractivity contribution in [2.24, 2.45) is 11.8 Å². The quantitative estimate of drug-likeness (QED) is 0.130. The molecule has 2 aromatic carbocycles. The largest absolute Gasteiger partial charge is 0.497 e. The first-order valence-corrected chi connectivity index (χ1v) is 23.4. The van der Waals surface area contributed by atoms with E-state index in [-0.39, 0.29) is 56.0 Å². The number of benzene rings is 2. The summed E-state index contributed by atoms with van der Waals surface area (Å²) < 4.78 is 46.2. The minimum atomic E-state index is -3.90. The fraction of sp³-hybridized carbons (Fsp3) is 0.543. The number of hydrogen-bond donors (Lipinski definition) is 3. The highest BCUT2D eigenvalue weighted by atomic mass is 32.2. The van der Waals surface area contributed by atoms with Gasteiger partial charge in [-0.25, -0.2) is 13.4 Å². The Kier molecular flexibility index (Phi) is 14.2. The zero-order chi connectivity index (χ0) is 44.1. The van der Waals surface area contributed by atoms with Crippen molar-refractivity contribution in [3.63, 3.8) is 0 Å². The van der Waals surface area contributed by atoms with Crippen molar-refractivity contribution in [1.82, 2.24) is 24.8 Å². The van der Waals surface area contributed by atoms with Crippen molar-refractivity contribution in [2.75, 3.05) is 20.3 Å². The van der Waals surface area contributed by atoms with Gasteiger partial charge in [0.1, 0.15) is 42.0 Å². The van der Waals surface area contributed by atoms with E-state index in [1.807, 2.05) is 67.3 Å². The average molecular weight is 874 g/mol. The molecule has 3 N–H and O–H groups in total. The van der Waals surface area contributed by atoms with E-state index in [9.17, 15) is 32.7 Å². The van der Waals surface area contributed by atoms with Gasteiger partial charge in [-0.15, -0.1) is 6.58 Å². The van der Waals surface area contributed by atoms with Gasteiger partial charge < -0.3 is 29.5 Å². The van der Waals surface area contributed by atoms with Gasteiger partial charge in [0, 0.05) is 42.0 Å². The maximum atomic E-state index is 14.6. The summed E-state index contributed by atoms with van der Waals surface area (Å²) in [5.41, 5.74) is 2.12. The Labute approximate surface area is 363 Å². The Bertz CT molecular complexity index is 2230. The Morgan fingerprint density at radius 1 is 1.00 bits per heavy atom. The van der Waals surface area contributed by atoms with Crippen molar-refractivity contribution < 1.29 is 46.9 Å². The number of nitrogens with zero attached hydrogens (tertiary/aromatic N) is 3. The van der Waals surface area contributed by atoms with Crippen LogP contribution in [0.1, 0.15) is 84.5 Å². The third kappa shape index (κ3) is 10.4. The van der Waals surface area contributed by atoms with Gasteiger partial charge in [0.05, 0.1) is 36.7 Å². The number of hydrogen-bond acceptors (Lipinski definition) is 11. The van der Waals surface area contributed by atoms with Crippen molar-refractivity contribution in [3.8, 4) is 22.8 Å². The summed E-state index contributed by atoms with van der Waals surface area (Å²) in [6, 6.07) is 13.9. The van der Waals surface area contributed by atoms with Gasteiger partial charge in [0.25, 0.3) is 5.91 Å². The molecule has 1 aromatic heterocycles. The Morgan fingerprint density at radius 3 is 2.45 bits per heavy atom. The highest BCUT2D eigenvalue weighted by Crippen LogP contribution is 2.42. The molecule has 3 aromatic rings. The van der Waals surface area contributed by atoms with Crippen LogP contribution in [0.25, 0.3) is 22.2 Å². The van der Waals surface area contributed by atoms with Gasteiger partial charge in [-0.05, 0) is 68.9 Å². The number of rotatable bonds is 19. The predicted molar refractivity (Wildman–Crippen MR) is 233 cm³/mol. The minimum Gasteiger partial charge on any atom is -0.497 e. The summed E-state index contributed by atoms with van der Waals surface area (Å²) in [5.74, 6) is -1.30. The molecular weight excluding hydrogens is 815 g/mol. The van der Waals surface area contributed by atoms with E-state index in [2.05, 4.69) is 16.6 Å². The second-order valence-electron chi connectivity index (χ2n) is 17.5. The Balaban J connectivity index is 1.17. The van der Waals surface area contributed by atoms with Crippen LogP contribution in [-0.4, -0.2) is 114 Å². The van der Waals surface area contributed by atoms with Gasteiger partial charge in [0.2, 0.25) is 21.8 Å². The topological polar surface area (TPSA) is 194 Å². The van der Waals surface area contributed by atoms with E-state index >= 15 is 0 Å². The number of likely N-dealkylation sites (tertiary alicyclic amines) is 2. The molecular formula is C46H59N5O10S. The Morgan fingerprint density at radius 2 is 1.76 bits per heavy atom. The fourth-order valence-corrected chi connectivity index (χ4v) is 10.6. The smallest absolute Gasteiger partial charge is 0.321 e. The average Bonchev–Trinajstić information content (AvgIpc) is 3.94. The summed E-state index contributed by atoms with van der Waals surface area (Å²) >= 11 is 0. The number of ether oxygens (including phenoxy) is 3. The fourth-order valence-electron chi connectivity index (χ4n) is 9.23. The summed E-state index contributed by atoms with van der Waals surface area (Å²) in [5, 5.41) is 13.1. The van der Waals surface area contributed by atoms with Gasteiger partial charge in [-0.1, -0.05) is 63.1 Å². The zero-order valence-electron chi connectivity index (χ0n) is 35.7. The highest BCUT2D eigenvalue weighted by molar-refractivity contribution is 7.90. The van der Waals surface area contributed by atoms with Crippen molar-refractivity contribution in [3.05, 3.63) is 67.3 Å². The molecule has 334 valence electrons. The maximum Gasteiger partial charge on any atom is 0.321 e. The lowest BCUT2D eigenvalue weighted by Gasteiger charge is -2.39. The number of aromatic nitrogens is 1. The lowest BCUT2D eigenvalue weighted by molar-refractivity contribution is -0.154. The molecule has 0 spiro atoms. The molecule has 4 fully saturated rings. The molecule has 62 heavy (non-hydrogen) atoms. The molecule has 2 aliphatic heterocycles. The molecule has 5 unspecified atom stereocenters. The van der Waals surface area contributed by atoms with Crippen LogP contribution >= 0.6 is 0 Å². The molecule has 2 saturated heterocycles. The molecule has 0 radical (unpaired) electrons. The van der Waals surface area contributed by atoms with Crippen LogP contribution in [0.3, 0.4) is 0 Å². The molecule has 3 heterocycles. The molecule has 4 aliphatic rings. The monoisotopic (exact) mass is 873 g/mol. The number of carbonyl (C=O) groups excluding carboxylic acids is 3. The summed E-state index contributed by atoms with van der Waals surface area (Å²) in [7, 11) is -2.33. The zero-order valence-corrected chi connectivity index (χ0v) is 36.6. The van der Waals surface area contributed by atoms with E-state index in [0.717, 1.165) is 31.2 Å².